The maximum Gasteiger partial charge on any atom is 0.163 e. The molecule has 7 heteroatoms. The molecule has 0 heterocycles. The molecule has 0 aromatic heterocycles. The second-order valence-corrected chi connectivity index (χ2v) is 43.1. The first-order chi connectivity index (χ1) is 36.2. The summed E-state index contributed by atoms with van der Waals surface area (Å²) in [6, 6.07) is 54.5. The highest BCUT2D eigenvalue weighted by molar-refractivity contribution is 7.96. The molecule has 5 rings (SSSR count). The molecule has 0 amide bonds. The number of para-hydroxylation sites is 1. The predicted octanol–water partition coefficient (Wildman–Crippen LogP) is 18.7. The molecule has 1 atom stereocenters. The van der Waals surface area contributed by atoms with Crippen molar-refractivity contribution >= 4 is 76.5 Å². The Morgan fingerprint density at radius 1 is 0.419 bits per heavy atom. The molecule has 0 spiro atoms. The zero-order chi connectivity index (χ0) is 53.1. The smallest absolute Gasteiger partial charge is 0.163 e. The van der Waals surface area contributed by atoms with E-state index in [-0.39, 0.29) is 0 Å². The van der Waals surface area contributed by atoms with E-state index in [0.717, 1.165) is 5.75 Å². The van der Waals surface area contributed by atoms with Crippen LogP contribution >= 0.6 is 15.5 Å². The fraction of sp³-hybridized carbons (Fsp3) is 0.642. The van der Waals surface area contributed by atoms with Gasteiger partial charge in [-0.25, -0.2) is 0 Å². The highest BCUT2D eigenvalue weighted by atomic mass is 31.2. The molecule has 0 saturated heterocycles. The molecule has 0 radical (unpaired) electrons. The molecular weight excluding hydrogens is 981 g/mol. The summed E-state index contributed by atoms with van der Waals surface area (Å²) >= 11 is 0. The average molecular weight is 1090 g/mol. The van der Waals surface area contributed by atoms with Gasteiger partial charge in [-0.2, -0.15) is 4.86 Å². The SMILES string of the molecule is CCCC[Si](CCCC)(CCCC)c1ccc(P(N[P+](c2ccc([Si](CCCC)(CCCC)CCCC)cc2)(c2ccccc2OC)C2CCCCC2)c2ccc([Si](CCCC)(CCCC)CCCC)cc2)cc1. The van der Waals surface area contributed by atoms with Gasteiger partial charge in [-0.1, -0.05) is 327 Å². The number of benzene rings is 4. The van der Waals surface area contributed by atoms with Gasteiger partial charge in [0.05, 0.1) is 45.1 Å². The van der Waals surface area contributed by atoms with Crippen molar-refractivity contribution in [2.75, 3.05) is 7.11 Å². The molecule has 1 unspecified atom stereocenters. The van der Waals surface area contributed by atoms with Gasteiger partial charge in [-0.15, -0.1) is 0 Å². The molecule has 1 N–H and O–H groups in total. The Morgan fingerprint density at radius 2 is 0.730 bits per heavy atom. The van der Waals surface area contributed by atoms with Crippen molar-refractivity contribution in [3.63, 3.8) is 0 Å². The van der Waals surface area contributed by atoms with Crippen LogP contribution in [0.25, 0.3) is 0 Å². The molecule has 2 nitrogen and oxygen atoms in total. The summed E-state index contributed by atoms with van der Waals surface area (Å²) in [5.41, 5.74) is 0.540. The largest absolute Gasteiger partial charge is 0.493 e. The molecule has 1 saturated carbocycles. The molecule has 4 aromatic carbocycles. The summed E-state index contributed by atoms with van der Waals surface area (Å²) in [5.74, 6) is 1.07. The topological polar surface area (TPSA) is 21.3 Å². The van der Waals surface area contributed by atoms with E-state index in [1.165, 1.54) is 218 Å². The lowest BCUT2D eigenvalue weighted by Gasteiger charge is -2.40. The van der Waals surface area contributed by atoms with Crippen molar-refractivity contribution < 1.29 is 4.74 Å². The van der Waals surface area contributed by atoms with Crippen LogP contribution in [0.5, 0.6) is 5.75 Å². The number of ether oxygens (including phenoxy) is 1. The van der Waals surface area contributed by atoms with Crippen molar-refractivity contribution in [1.29, 1.82) is 0 Å². The molecule has 1 aliphatic rings. The van der Waals surface area contributed by atoms with Gasteiger partial charge in [0.25, 0.3) is 0 Å². The number of unbranched alkanes of at least 4 members (excludes halogenated alkanes) is 9. The maximum absolute atomic E-state index is 6.58. The Labute approximate surface area is 463 Å². The Morgan fingerprint density at radius 3 is 1.04 bits per heavy atom. The number of nitrogens with one attached hydrogen (secondary N) is 1. The van der Waals surface area contributed by atoms with E-state index in [2.05, 4.69) is 159 Å². The maximum atomic E-state index is 6.58. The minimum absolute atomic E-state index is 0.540. The lowest BCUT2D eigenvalue weighted by Crippen LogP contribution is -2.49. The van der Waals surface area contributed by atoms with E-state index in [0.29, 0.717) is 5.66 Å². The zero-order valence-electron chi connectivity index (χ0n) is 49.7. The molecule has 0 aliphatic heterocycles. The van der Waals surface area contributed by atoms with Crippen LogP contribution in [-0.2, 0) is 0 Å². The van der Waals surface area contributed by atoms with Gasteiger partial charge in [0.15, 0.2) is 18.5 Å². The van der Waals surface area contributed by atoms with Crippen LogP contribution in [0.2, 0.25) is 54.4 Å². The Kier molecular flexibility index (Phi) is 28.6. The van der Waals surface area contributed by atoms with E-state index in [1.807, 2.05) is 7.11 Å². The van der Waals surface area contributed by atoms with E-state index in [1.54, 1.807) is 20.9 Å². The highest BCUT2D eigenvalue weighted by Crippen LogP contribution is 2.66. The van der Waals surface area contributed by atoms with Crippen molar-refractivity contribution in [1.82, 2.24) is 4.86 Å². The van der Waals surface area contributed by atoms with Crippen LogP contribution in [-0.4, -0.2) is 37.0 Å². The molecule has 1 fully saturated rings. The van der Waals surface area contributed by atoms with E-state index in [9.17, 15) is 0 Å². The number of rotatable bonds is 38. The molecule has 4 aromatic rings. The summed E-state index contributed by atoms with van der Waals surface area (Å²) in [4.78, 5) is 4.99. The third-order valence-electron chi connectivity index (χ3n) is 18.3. The zero-order valence-corrected chi connectivity index (χ0v) is 54.5. The second-order valence-electron chi connectivity index (χ2n) is 23.5. The molecule has 0 bridgehead atoms. The fourth-order valence-electron chi connectivity index (χ4n) is 13.6. The number of hydrogen-bond acceptors (Lipinski definition) is 2. The molecule has 74 heavy (non-hydrogen) atoms. The van der Waals surface area contributed by atoms with Gasteiger partial charge >= 0.3 is 0 Å². The third-order valence-corrected chi connectivity index (χ3v) is 42.3. The van der Waals surface area contributed by atoms with Crippen LogP contribution in [0.1, 0.15) is 210 Å². The minimum atomic E-state index is -2.34. The van der Waals surface area contributed by atoms with Gasteiger partial charge < -0.3 is 4.74 Å². The first kappa shape index (κ1) is 63.0. The Bertz CT molecular complexity index is 1960. The van der Waals surface area contributed by atoms with E-state index >= 15 is 0 Å². The number of hydrogen-bond donors (Lipinski definition) is 1. The van der Waals surface area contributed by atoms with Crippen molar-refractivity contribution in [2.24, 2.45) is 0 Å². The summed E-state index contributed by atoms with van der Waals surface area (Å²) in [6.07, 6.45) is 30.5. The van der Waals surface area contributed by atoms with Crippen molar-refractivity contribution in [3.05, 3.63) is 97.1 Å². The molecule has 412 valence electrons. The minimum Gasteiger partial charge on any atom is -0.493 e. The van der Waals surface area contributed by atoms with E-state index < -0.39 is 39.7 Å². The fourth-order valence-corrected chi connectivity index (χ4v) is 38.9. The van der Waals surface area contributed by atoms with Gasteiger partial charge in [-0.05, 0) is 60.6 Å². The first-order valence-electron chi connectivity index (χ1n) is 31.6. The van der Waals surface area contributed by atoms with Crippen molar-refractivity contribution in [3.8, 4) is 5.75 Å². The quantitative estimate of drug-likeness (QED) is 0.0357. The van der Waals surface area contributed by atoms with Crippen molar-refractivity contribution in [2.45, 2.75) is 270 Å². The standard InChI is InChI=1S/C67H112NOP2Si3/c1-11-20-50-72(51-21-12-2,52-22-13-3)63-44-38-59(39-45-63)70(60-40-46-64(47-41-60)73(53-23-14-4,54-24-15-5)55-25-16-6)68-71(61-34-30-29-31-35-61,67-37-33-32-36-66(67)69-10)62-42-48-65(49-43-62)74(56-26-17-7,57-27-18-8)58-28-19-9/h32-33,36-49,61,68H,11-31,34-35,50-58H2,1-10H3/q+1. The number of methoxy groups -OCH3 is 1. The first-order valence-corrected chi connectivity index (χ1v) is 42.7. The van der Waals surface area contributed by atoms with Crippen LogP contribution in [0.15, 0.2) is 97.1 Å². The van der Waals surface area contributed by atoms with Crippen LogP contribution in [0.3, 0.4) is 0 Å². The summed E-state index contributed by atoms with van der Waals surface area (Å²) in [7, 11) is -6.45. The van der Waals surface area contributed by atoms with E-state index in [4.69, 9.17) is 9.59 Å². The summed E-state index contributed by atoms with van der Waals surface area (Å²) < 4.78 is 6.58. The van der Waals surface area contributed by atoms with Crippen LogP contribution < -0.4 is 46.4 Å². The van der Waals surface area contributed by atoms with Crippen LogP contribution in [0.4, 0.5) is 0 Å². The Balaban J connectivity index is 1.83. The predicted molar refractivity (Wildman–Crippen MR) is 348 cm³/mol. The normalized spacial score (nSPS) is 14.7. The molecule has 1 aliphatic carbocycles. The van der Waals surface area contributed by atoms with Gasteiger partial charge in [0.1, 0.15) is 5.30 Å². The van der Waals surface area contributed by atoms with Gasteiger partial charge in [0.2, 0.25) is 0 Å². The monoisotopic (exact) mass is 1090 g/mol. The highest BCUT2D eigenvalue weighted by Gasteiger charge is 2.54. The third kappa shape index (κ3) is 16.4. The lowest BCUT2D eigenvalue weighted by molar-refractivity contribution is 0.418. The average Bonchev–Trinajstić information content (AvgIpc) is 3.46. The van der Waals surface area contributed by atoms with Crippen LogP contribution in [0, 0.1) is 0 Å². The van der Waals surface area contributed by atoms with Gasteiger partial charge in [-0.3, -0.25) is 0 Å². The molecular formula is C67H112NOP2Si3+. The van der Waals surface area contributed by atoms with Gasteiger partial charge in [0, 0.05) is 0 Å². The summed E-state index contributed by atoms with van der Waals surface area (Å²) in [5, 5.41) is 11.2. The summed E-state index contributed by atoms with van der Waals surface area (Å²) in [6.45, 7) is 21.7. The second kappa shape index (κ2) is 33.6. The lowest BCUT2D eigenvalue weighted by atomic mass is 10.0. The Hall–Kier alpha value is -1.85.